The molecule has 0 radical (unpaired) electrons. The maximum Gasteiger partial charge on any atom is 0.0211 e. The zero-order valence-corrected chi connectivity index (χ0v) is 12.5. The lowest BCUT2D eigenvalue weighted by Gasteiger charge is -2.17. The number of benzene rings is 1. The van der Waals surface area contributed by atoms with Crippen LogP contribution in [0.1, 0.15) is 32.3 Å². The molecule has 0 nitrogen and oxygen atoms in total. The number of hydrogen-bond acceptors (Lipinski definition) is 0. The topological polar surface area (TPSA) is 0 Å². The third kappa shape index (κ3) is 4.69. The van der Waals surface area contributed by atoms with Crippen LogP contribution in [0.5, 0.6) is 0 Å². The van der Waals surface area contributed by atoms with Crippen molar-refractivity contribution >= 4 is 31.9 Å². The second-order valence-electron chi connectivity index (χ2n) is 4.12. The van der Waals surface area contributed by atoms with Crippen molar-refractivity contribution in [2.24, 2.45) is 5.92 Å². The zero-order valence-electron chi connectivity index (χ0n) is 9.34. The monoisotopic (exact) mass is 332 g/mol. The molecule has 0 aliphatic carbocycles. The maximum atomic E-state index is 3.79. The number of halogens is 2. The molecule has 0 spiro atoms. The molecule has 84 valence electrons. The molecule has 0 aliphatic rings. The van der Waals surface area contributed by atoms with Crippen molar-refractivity contribution < 1.29 is 0 Å². The smallest absolute Gasteiger partial charge is 0.0211 e. The van der Waals surface area contributed by atoms with E-state index < -0.39 is 0 Å². The second-order valence-corrected chi connectivity index (χ2v) is 6.21. The Morgan fingerprint density at radius 2 is 2.07 bits per heavy atom. The summed E-state index contributed by atoms with van der Waals surface area (Å²) in [7, 11) is 0. The van der Waals surface area contributed by atoms with Crippen LogP contribution in [0.15, 0.2) is 28.7 Å². The molecule has 0 heterocycles. The molecule has 1 rings (SSSR count). The van der Waals surface area contributed by atoms with Crippen LogP contribution < -0.4 is 0 Å². The van der Waals surface area contributed by atoms with E-state index >= 15 is 0 Å². The molecule has 0 bridgehead atoms. The summed E-state index contributed by atoms with van der Waals surface area (Å²) in [6, 6.07) is 8.57. The SMILES string of the molecule is CCCC(C)C(Br)Cc1cccc(Br)c1. The van der Waals surface area contributed by atoms with E-state index in [4.69, 9.17) is 0 Å². The molecule has 0 saturated heterocycles. The first-order valence-electron chi connectivity index (χ1n) is 5.52. The molecule has 15 heavy (non-hydrogen) atoms. The van der Waals surface area contributed by atoms with E-state index in [-0.39, 0.29) is 0 Å². The first-order chi connectivity index (χ1) is 7.13. The fraction of sp³-hybridized carbons (Fsp3) is 0.538. The molecule has 0 N–H and O–H groups in total. The highest BCUT2D eigenvalue weighted by Crippen LogP contribution is 2.23. The predicted molar refractivity (Wildman–Crippen MR) is 74.6 cm³/mol. The van der Waals surface area contributed by atoms with Gasteiger partial charge in [0.05, 0.1) is 0 Å². The first kappa shape index (κ1) is 13.2. The summed E-state index contributed by atoms with van der Waals surface area (Å²) in [5.41, 5.74) is 1.40. The van der Waals surface area contributed by atoms with Crippen LogP contribution in [0.2, 0.25) is 0 Å². The molecule has 2 heteroatoms. The van der Waals surface area contributed by atoms with Gasteiger partial charge in [-0.15, -0.1) is 0 Å². The Kier molecular flexibility index (Phi) is 5.91. The molecule has 0 aromatic heterocycles. The summed E-state index contributed by atoms with van der Waals surface area (Å²) in [6.07, 6.45) is 3.67. The largest absolute Gasteiger partial charge is 0.0884 e. The van der Waals surface area contributed by atoms with E-state index in [9.17, 15) is 0 Å². The Morgan fingerprint density at radius 3 is 2.67 bits per heavy atom. The highest BCUT2D eigenvalue weighted by Gasteiger charge is 2.13. The number of hydrogen-bond donors (Lipinski definition) is 0. The van der Waals surface area contributed by atoms with Crippen LogP contribution in [0.4, 0.5) is 0 Å². The molecule has 1 aromatic carbocycles. The average Bonchev–Trinajstić information content (AvgIpc) is 2.18. The van der Waals surface area contributed by atoms with E-state index in [0.29, 0.717) is 4.83 Å². The van der Waals surface area contributed by atoms with Crippen LogP contribution in [0.25, 0.3) is 0 Å². The van der Waals surface area contributed by atoms with E-state index in [2.05, 4.69) is 70.0 Å². The molecule has 0 fully saturated rings. The molecule has 2 unspecified atom stereocenters. The summed E-state index contributed by atoms with van der Waals surface area (Å²) in [4.78, 5) is 0.590. The van der Waals surface area contributed by atoms with Crippen molar-refractivity contribution in [2.45, 2.75) is 37.9 Å². The molecule has 2 atom stereocenters. The van der Waals surface area contributed by atoms with Crippen LogP contribution in [0, 0.1) is 5.92 Å². The summed E-state index contributed by atoms with van der Waals surface area (Å²) in [5, 5.41) is 0. The number of rotatable bonds is 5. The van der Waals surface area contributed by atoms with E-state index in [0.717, 1.165) is 12.3 Å². The minimum atomic E-state index is 0.590. The molecule has 0 aliphatic heterocycles. The summed E-state index contributed by atoms with van der Waals surface area (Å²) in [6.45, 7) is 4.57. The van der Waals surface area contributed by atoms with Crippen molar-refractivity contribution in [3.63, 3.8) is 0 Å². The number of alkyl halides is 1. The lowest BCUT2D eigenvalue weighted by molar-refractivity contribution is 0.505. The van der Waals surface area contributed by atoms with Crippen molar-refractivity contribution in [3.05, 3.63) is 34.3 Å². The third-order valence-corrected chi connectivity index (χ3v) is 4.40. The maximum absolute atomic E-state index is 3.79. The van der Waals surface area contributed by atoms with Gasteiger partial charge < -0.3 is 0 Å². The first-order valence-corrected chi connectivity index (χ1v) is 7.23. The van der Waals surface area contributed by atoms with Gasteiger partial charge in [0.15, 0.2) is 0 Å². The van der Waals surface area contributed by atoms with Gasteiger partial charge in [0.25, 0.3) is 0 Å². The Balaban J connectivity index is 2.54. The minimum Gasteiger partial charge on any atom is -0.0884 e. The van der Waals surface area contributed by atoms with Crippen molar-refractivity contribution in [3.8, 4) is 0 Å². The van der Waals surface area contributed by atoms with Crippen LogP contribution in [-0.4, -0.2) is 4.83 Å². The van der Waals surface area contributed by atoms with Gasteiger partial charge in [0.2, 0.25) is 0 Å². The average molecular weight is 334 g/mol. The van der Waals surface area contributed by atoms with Gasteiger partial charge >= 0.3 is 0 Å². The van der Waals surface area contributed by atoms with Gasteiger partial charge in [-0.25, -0.2) is 0 Å². The van der Waals surface area contributed by atoms with Gasteiger partial charge in [-0.05, 0) is 36.5 Å². The summed E-state index contributed by atoms with van der Waals surface area (Å²) < 4.78 is 1.17. The van der Waals surface area contributed by atoms with E-state index in [1.165, 1.54) is 22.9 Å². The fourth-order valence-corrected chi connectivity index (χ4v) is 2.81. The Morgan fingerprint density at radius 1 is 1.33 bits per heavy atom. The summed E-state index contributed by atoms with van der Waals surface area (Å²) in [5.74, 6) is 0.744. The van der Waals surface area contributed by atoms with Crippen molar-refractivity contribution in [1.29, 1.82) is 0 Å². The van der Waals surface area contributed by atoms with Gasteiger partial charge in [0, 0.05) is 9.30 Å². The van der Waals surface area contributed by atoms with Crippen LogP contribution in [0.3, 0.4) is 0 Å². The molecule has 0 amide bonds. The second kappa shape index (κ2) is 6.70. The van der Waals surface area contributed by atoms with Crippen molar-refractivity contribution in [2.75, 3.05) is 0 Å². The Hall–Kier alpha value is 0.180. The lowest BCUT2D eigenvalue weighted by Crippen LogP contribution is -2.13. The highest BCUT2D eigenvalue weighted by atomic mass is 79.9. The van der Waals surface area contributed by atoms with Crippen molar-refractivity contribution in [1.82, 2.24) is 0 Å². The molecule has 0 saturated carbocycles. The van der Waals surface area contributed by atoms with Gasteiger partial charge in [0.1, 0.15) is 0 Å². The molecule has 1 aromatic rings. The quantitative estimate of drug-likeness (QED) is 0.650. The Bertz CT molecular complexity index is 296. The fourth-order valence-electron chi connectivity index (χ4n) is 1.73. The van der Waals surface area contributed by atoms with Gasteiger partial charge in [-0.1, -0.05) is 64.3 Å². The third-order valence-electron chi connectivity index (χ3n) is 2.68. The minimum absolute atomic E-state index is 0.590. The van der Waals surface area contributed by atoms with Crippen LogP contribution in [-0.2, 0) is 6.42 Å². The molecular formula is C13H18Br2. The normalized spacial score (nSPS) is 14.9. The van der Waals surface area contributed by atoms with Crippen LogP contribution >= 0.6 is 31.9 Å². The Labute approximate surface area is 110 Å². The zero-order chi connectivity index (χ0) is 11.3. The lowest BCUT2D eigenvalue weighted by atomic mass is 9.97. The molecular weight excluding hydrogens is 316 g/mol. The highest BCUT2D eigenvalue weighted by molar-refractivity contribution is 9.10. The predicted octanol–water partition coefficient (Wildman–Crippen LogP) is 5.19. The standard InChI is InChI=1S/C13H18Br2/c1-3-5-10(2)13(15)9-11-6-4-7-12(14)8-11/h4,6-8,10,13H,3,5,9H2,1-2H3. The summed E-state index contributed by atoms with van der Waals surface area (Å²) >= 11 is 7.29. The van der Waals surface area contributed by atoms with Gasteiger partial charge in [-0.3, -0.25) is 0 Å². The van der Waals surface area contributed by atoms with Gasteiger partial charge in [-0.2, -0.15) is 0 Å². The van der Waals surface area contributed by atoms with E-state index in [1.807, 2.05) is 0 Å². The van der Waals surface area contributed by atoms with E-state index in [1.54, 1.807) is 0 Å².